The number of β-amino-alcohol motifs (C(OH)–C–C–N with tert-alkyl or cyclic N) is 1. The minimum Gasteiger partial charge on any atom is -0.493 e. The molecule has 0 aliphatic carbocycles. The minimum absolute atomic E-state index is 0.283. The number of ether oxygens (including phenoxy) is 2. The molecule has 23 heavy (non-hydrogen) atoms. The number of aliphatic hydroxyl groups excluding tert-OH is 1. The van der Waals surface area contributed by atoms with Crippen LogP contribution < -0.4 is 9.47 Å². The van der Waals surface area contributed by atoms with Crippen molar-refractivity contribution in [2.45, 2.75) is 32.8 Å². The van der Waals surface area contributed by atoms with Crippen LogP contribution in [-0.2, 0) is 0 Å². The zero-order valence-electron chi connectivity index (χ0n) is 14.5. The molecule has 4 heteroatoms. The highest BCUT2D eigenvalue weighted by Gasteiger charge is 2.19. The second-order valence-corrected chi connectivity index (χ2v) is 6.36. The smallest absolute Gasteiger partial charge is 0.161 e. The lowest BCUT2D eigenvalue weighted by molar-refractivity contribution is 0.0555. The van der Waals surface area contributed by atoms with Crippen LogP contribution in [0.25, 0.3) is 6.08 Å². The van der Waals surface area contributed by atoms with Crippen LogP contribution in [0.15, 0.2) is 24.3 Å². The maximum absolute atomic E-state index is 10.2. The Labute approximate surface area is 139 Å². The molecule has 4 nitrogen and oxygen atoms in total. The monoisotopic (exact) mass is 319 g/mol. The van der Waals surface area contributed by atoms with Gasteiger partial charge in [-0.2, -0.15) is 0 Å². The molecular formula is C19H29NO3. The van der Waals surface area contributed by atoms with Gasteiger partial charge in [-0.15, -0.1) is 0 Å². The number of nitrogens with zero attached hydrogens (tertiary/aromatic N) is 1. The van der Waals surface area contributed by atoms with Crippen molar-refractivity contribution in [1.82, 2.24) is 4.90 Å². The highest BCUT2D eigenvalue weighted by Crippen LogP contribution is 2.28. The largest absolute Gasteiger partial charge is 0.493 e. The zero-order chi connectivity index (χ0) is 16.7. The lowest BCUT2D eigenvalue weighted by Crippen LogP contribution is -2.40. The normalized spacial score (nSPS) is 18.3. The molecule has 2 rings (SSSR count). The Balaban J connectivity index is 1.84. The first-order valence-electron chi connectivity index (χ1n) is 8.46. The van der Waals surface area contributed by atoms with E-state index in [9.17, 15) is 5.11 Å². The van der Waals surface area contributed by atoms with Gasteiger partial charge in [0.2, 0.25) is 0 Å². The van der Waals surface area contributed by atoms with E-state index in [2.05, 4.69) is 11.8 Å². The van der Waals surface area contributed by atoms with Crippen molar-refractivity contribution in [1.29, 1.82) is 0 Å². The Morgan fingerprint density at radius 2 is 2.04 bits per heavy atom. The SMILES string of the molecule is C/C=C/c1ccc(OCC(O)CN2CCC(C)CC2)c(OC)c1. The van der Waals surface area contributed by atoms with E-state index in [4.69, 9.17) is 9.47 Å². The van der Waals surface area contributed by atoms with E-state index in [-0.39, 0.29) is 6.61 Å². The van der Waals surface area contributed by atoms with Gasteiger partial charge in [-0.05, 0) is 56.5 Å². The fourth-order valence-corrected chi connectivity index (χ4v) is 2.88. The van der Waals surface area contributed by atoms with Gasteiger partial charge in [0, 0.05) is 6.54 Å². The predicted molar refractivity (Wildman–Crippen MR) is 94.0 cm³/mol. The average Bonchev–Trinajstić information content (AvgIpc) is 2.56. The third-order valence-electron chi connectivity index (χ3n) is 4.32. The van der Waals surface area contributed by atoms with E-state index in [1.807, 2.05) is 37.3 Å². The quantitative estimate of drug-likeness (QED) is 0.838. The highest BCUT2D eigenvalue weighted by atomic mass is 16.5. The summed E-state index contributed by atoms with van der Waals surface area (Å²) in [6.45, 7) is 7.37. The van der Waals surface area contributed by atoms with Gasteiger partial charge in [-0.3, -0.25) is 0 Å². The summed E-state index contributed by atoms with van der Waals surface area (Å²) < 4.78 is 11.1. The van der Waals surface area contributed by atoms with Crippen LogP contribution >= 0.6 is 0 Å². The van der Waals surface area contributed by atoms with Crippen molar-refractivity contribution >= 4 is 6.08 Å². The van der Waals surface area contributed by atoms with Gasteiger partial charge >= 0.3 is 0 Å². The van der Waals surface area contributed by atoms with E-state index >= 15 is 0 Å². The van der Waals surface area contributed by atoms with Crippen LogP contribution in [0.1, 0.15) is 32.3 Å². The number of hydrogen-bond acceptors (Lipinski definition) is 4. The Kier molecular flexibility index (Phi) is 6.93. The molecule has 0 aromatic heterocycles. The lowest BCUT2D eigenvalue weighted by atomic mass is 9.99. The Morgan fingerprint density at radius 1 is 1.30 bits per heavy atom. The number of rotatable bonds is 7. The predicted octanol–water partition coefficient (Wildman–Crippen LogP) is 3.20. The summed E-state index contributed by atoms with van der Waals surface area (Å²) >= 11 is 0. The van der Waals surface area contributed by atoms with Crippen LogP contribution in [0.4, 0.5) is 0 Å². The zero-order valence-corrected chi connectivity index (χ0v) is 14.5. The fraction of sp³-hybridized carbons (Fsp3) is 0.579. The summed E-state index contributed by atoms with van der Waals surface area (Å²) in [5, 5.41) is 10.2. The summed E-state index contributed by atoms with van der Waals surface area (Å²) in [4.78, 5) is 2.32. The number of methoxy groups -OCH3 is 1. The summed E-state index contributed by atoms with van der Waals surface area (Å²) in [5.74, 6) is 2.17. The van der Waals surface area contributed by atoms with E-state index < -0.39 is 6.10 Å². The first-order valence-corrected chi connectivity index (χ1v) is 8.46. The number of allylic oxidation sites excluding steroid dienone is 1. The lowest BCUT2D eigenvalue weighted by Gasteiger charge is -2.31. The van der Waals surface area contributed by atoms with Crippen molar-refractivity contribution < 1.29 is 14.6 Å². The molecule has 1 fully saturated rings. The second-order valence-electron chi connectivity index (χ2n) is 6.36. The first-order chi connectivity index (χ1) is 11.1. The maximum Gasteiger partial charge on any atom is 0.161 e. The van der Waals surface area contributed by atoms with Crippen molar-refractivity contribution in [2.24, 2.45) is 5.92 Å². The Hall–Kier alpha value is -1.52. The van der Waals surface area contributed by atoms with Gasteiger partial charge in [0.1, 0.15) is 12.7 Å². The van der Waals surface area contributed by atoms with Crippen LogP contribution in [0, 0.1) is 5.92 Å². The minimum atomic E-state index is -0.483. The van der Waals surface area contributed by atoms with Crippen molar-refractivity contribution in [3.8, 4) is 11.5 Å². The van der Waals surface area contributed by atoms with E-state index in [0.29, 0.717) is 18.0 Å². The summed E-state index contributed by atoms with van der Waals surface area (Å²) in [6, 6.07) is 5.81. The molecule has 1 heterocycles. The molecule has 1 saturated heterocycles. The average molecular weight is 319 g/mol. The molecule has 0 saturated carbocycles. The van der Waals surface area contributed by atoms with Crippen molar-refractivity contribution in [3.05, 3.63) is 29.8 Å². The molecule has 1 aromatic rings. The molecule has 1 aliphatic rings. The molecule has 1 atom stereocenters. The number of piperidine rings is 1. The third-order valence-corrected chi connectivity index (χ3v) is 4.32. The number of aliphatic hydroxyl groups is 1. The van der Waals surface area contributed by atoms with Crippen LogP contribution in [0.2, 0.25) is 0 Å². The topological polar surface area (TPSA) is 41.9 Å². The van der Waals surface area contributed by atoms with Gasteiger partial charge < -0.3 is 19.5 Å². The summed E-state index contributed by atoms with van der Waals surface area (Å²) in [6.07, 6.45) is 5.95. The van der Waals surface area contributed by atoms with Gasteiger partial charge in [0.05, 0.1) is 7.11 Å². The number of benzene rings is 1. The molecule has 1 unspecified atom stereocenters. The van der Waals surface area contributed by atoms with E-state index in [1.54, 1.807) is 7.11 Å². The van der Waals surface area contributed by atoms with Crippen LogP contribution in [0.3, 0.4) is 0 Å². The van der Waals surface area contributed by atoms with Gasteiger partial charge in [0.15, 0.2) is 11.5 Å². The maximum atomic E-state index is 10.2. The van der Waals surface area contributed by atoms with E-state index in [1.165, 1.54) is 12.8 Å². The molecule has 0 bridgehead atoms. The van der Waals surface area contributed by atoms with Crippen molar-refractivity contribution in [2.75, 3.05) is 33.4 Å². The Bertz CT molecular complexity index is 507. The van der Waals surface area contributed by atoms with E-state index in [0.717, 1.165) is 24.6 Å². The van der Waals surface area contributed by atoms with Gasteiger partial charge in [-0.25, -0.2) is 0 Å². The van der Waals surface area contributed by atoms with Crippen LogP contribution in [-0.4, -0.2) is 49.5 Å². The molecule has 1 aliphatic heterocycles. The molecule has 0 amide bonds. The molecule has 0 radical (unpaired) electrons. The first kappa shape index (κ1) is 17.8. The fourth-order valence-electron chi connectivity index (χ4n) is 2.88. The molecular weight excluding hydrogens is 290 g/mol. The summed E-state index contributed by atoms with van der Waals surface area (Å²) in [5.41, 5.74) is 1.07. The molecule has 0 spiro atoms. The Morgan fingerprint density at radius 3 is 2.70 bits per heavy atom. The number of likely N-dealkylation sites (tertiary alicyclic amines) is 1. The third kappa shape index (κ3) is 5.56. The standard InChI is InChI=1S/C19H29NO3/c1-4-5-16-6-7-18(19(12-16)22-3)23-14-17(21)13-20-10-8-15(2)9-11-20/h4-7,12,15,17,21H,8-11,13-14H2,1-3H3/b5-4+. The molecule has 1 N–H and O–H groups in total. The highest BCUT2D eigenvalue weighted by molar-refractivity contribution is 5.55. The molecule has 1 aromatic carbocycles. The van der Waals surface area contributed by atoms with Gasteiger partial charge in [-0.1, -0.05) is 25.1 Å². The summed E-state index contributed by atoms with van der Waals surface area (Å²) in [7, 11) is 1.63. The van der Waals surface area contributed by atoms with Gasteiger partial charge in [0.25, 0.3) is 0 Å². The second kappa shape index (κ2) is 8.94. The van der Waals surface area contributed by atoms with Crippen molar-refractivity contribution in [3.63, 3.8) is 0 Å². The van der Waals surface area contributed by atoms with Crippen LogP contribution in [0.5, 0.6) is 11.5 Å². The molecule has 128 valence electrons. The number of hydrogen-bond donors (Lipinski definition) is 1.